The van der Waals surface area contributed by atoms with Gasteiger partial charge >= 0.3 is 0 Å². The predicted molar refractivity (Wildman–Crippen MR) is 77.6 cm³/mol. The maximum absolute atomic E-state index is 12.3. The van der Waals surface area contributed by atoms with E-state index in [0.717, 1.165) is 10.8 Å². The monoisotopic (exact) mass is 246 g/mol. The van der Waals surface area contributed by atoms with E-state index < -0.39 is 8.07 Å². The van der Waals surface area contributed by atoms with E-state index in [1.54, 1.807) is 0 Å². The molecule has 92 valence electrons. The second kappa shape index (κ2) is 5.45. The molecule has 0 aromatic heterocycles. The first-order valence-corrected chi connectivity index (χ1v) is 9.64. The molecule has 0 unspecified atom stereocenters. The fourth-order valence-corrected chi connectivity index (χ4v) is 3.31. The molecule has 1 aromatic rings. The van der Waals surface area contributed by atoms with Crippen LogP contribution in [-0.2, 0) is 4.79 Å². The topological polar surface area (TPSA) is 17.1 Å². The summed E-state index contributed by atoms with van der Waals surface area (Å²) < 4.78 is 0. The summed E-state index contributed by atoms with van der Waals surface area (Å²) in [6, 6.07) is 10.1. The van der Waals surface area contributed by atoms with Gasteiger partial charge in [0.05, 0.1) is 8.07 Å². The van der Waals surface area contributed by atoms with Gasteiger partial charge in [0, 0.05) is 5.92 Å². The van der Waals surface area contributed by atoms with E-state index in [1.807, 2.05) is 44.2 Å². The maximum atomic E-state index is 12.3. The normalized spacial score (nSPS) is 12.9. The Bertz CT molecular complexity index is 410. The van der Waals surface area contributed by atoms with Gasteiger partial charge < -0.3 is 0 Å². The average molecular weight is 246 g/mol. The highest BCUT2D eigenvalue weighted by Crippen LogP contribution is 2.22. The average Bonchev–Trinajstić information content (AvgIpc) is 2.24. The van der Waals surface area contributed by atoms with Gasteiger partial charge in [0.15, 0.2) is 5.78 Å². The van der Waals surface area contributed by atoms with Gasteiger partial charge in [-0.2, -0.15) is 0 Å². The Labute approximate surface area is 106 Å². The van der Waals surface area contributed by atoms with Crippen molar-refractivity contribution in [1.29, 1.82) is 0 Å². The maximum Gasteiger partial charge on any atom is 0.157 e. The van der Waals surface area contributed by atoms with Crippen LogP contribution in [-0.4, -0.2) is 13.9 Å². The first kappa shape index (κ1) is 13.9. The quantitative estimate of drug-likeness (QED) is 0.575. The largest absolute Gasteiger partial charge is 0.295 e. The predicted octanol–water partition coefficient (Wildman–Crippen LogP) is 4.17. The number of benzene rings is 1. The second-order valence-corrected chi connectivity index (χ2v) is 10.8. The van der Waals surface area contributed by atoms with E-state index in [0.29, 0.717) is 5.78 Å². The zero-order valence-electron chi connectivity index (χ0n) is 11.4. The van der Waals surface area contributed by atoms with Crippen molar-refractivity contribution in [2.75, 3.05) is 0 Å². The van der Waals surface area contributed by atoms with Crippen molar-refractivity contribution < 1.29 is 4.79 Å². The van der Waals surface area contributed by atoms with Crippen LogP contribution in [0.15, 0.2) is 35.5 Å². The Hall–Kier alpha value is -1.15. The van der Waals surface area contributed by atoms with Crippen LogP contribution in [0.25, 0.3) is 6.08 Å². The Morgan fingerprint density at radius 1 is 1.12 bits per heavy atom. The Kier molecular flexibility index (Phi) is 4.46. The zero-order valence-corrected chi connectivity index (χ0v) is 12.4. The van der Waals surface area contributed by atoms with Gasteiger partial charge in [-0.3, -0.25) is 4.79 Å². The van der Waals surface area contributed by atoms with Gasteiger partial charge in [0.2, 0.25) is 0 Å². The first-order chi connectivity index (χ1) is 7.82. The number of hydrogen-bond acceptors (Lipinski definition) is 1. The van der Waals surface area contributed by atoms with E-state index in [9.17, 15) is 4.79 Å². The summed E-state index contributed by atoms with van der Waals surface area (Å²) >= 11 is 0. The molecular weight excluding hydrogens is 224 g/mol. The highest BCUT2D eigenvalue weighted by Gasteiger charge is 2.27. The molecule has 2 heteroatoms. The summed E-state index contributed by atoms with van der Waals surface area (Å²) in [5, 5.41) is 1.04. The SMILES string of the molecule is CC(C)C(=O)/C(=C\c1ccccc1)[Si](C)(C)C. The minimum absolute atomic E-state index is 0.0803. The molecule has 1 nitrogen and oxygen atoms in total. The number of ketones is 1. The molecule has 0 radical (unpaired) electrons. The standard InChI is InChI=1S/C15H22OSi/c1-12(2)15(16)14(17(3,4)5)11-13-9-7-6-8-10-13/h6-12H,1-5H3/b14-11+. The van der Waals surface area contributed by atoms with Crippen LogP contribution in [0.5, 0.6) is 0 Å². The highest BCUT2D eigenvalue weighted by molar-refractivity contribution is 6.88. The first-order valence-electron chi connectivity index (χ1n) is 6.14. The number of hydrogen-bond donors (Lipinski definition) is 0. The van der Waals surface area contributed by atoms with Crippen LogP contribution in [0.4, 0.5) is 0 Å². The van der Waals surface area contributed by atoms with Crippen molar-refractivity contribution in [3.05, 3.63) is 41.1 Å². The third-order valence-corrected chi connectivity index (χ3v) is 4.72. The molecule has 0 amide bonds. The van der Waals surface area contributed by atoms with Gasteiger partial charge in [-0.05, 0) is 10.8 Å². The fraction of sp³-hybridized carbons (Fsp3) is 0.400. The summed E-state index contributed by atoms with van der Waals surface area (Å²) in [5.74, 6) is 0.379. The van der Waals surface area contributed by atoms with Crippen molar-refractivity contribution in [1.82, 2.24) is 0 Å². The summed E-state index contributed by atoms with van der Waals surface area (Å²) in [6.07, 6.45) is 2.08. The molecule has 0 saturated carbocycles. The molecule has 0 aliphatic heterocycles. The van der Waals surface area contributed by atoms with E-state index in [1.165, 1.54) is 0 Å². The fourth-order valence-electron chi connectivity index (χ4n) is 1.68. The lowest BCUT2D eigenvalue weighted by atomic mass is 10.1. The molecular formula is C15H22OSi. The molecule has 0 heterocycles. The minimum atomic E-state index is -1.58. The molecule has 17 heavy (non-hydrogen) atoms. The van der Waals surface area contributed by atoms with Crippen LogP contribution < -0.4 is 0 Å². The van der Waals surface area contributed by atoms with Crippen molar-refractivity contribution in [2.45, 2.75) is 33.5 Å². The number of carbonyl (C=O) groups is 1. The number of carbonyl (C=O) groups excluding carboxylic acids is 1. The summed E-state index contributed by atoms with van der Waals surface area (Å²) in [4.78, 5) is 12.3. The molecule has 1 aromatic carbocycles. The smallest absolute Gasteiger partial charge is 0.157 e. The van der Waals surface area contributed by atoms with Gasteiger partial charge in [0.25, 0.3) is 0 Å². The zero-order chi connectivity index (χ0) is 13.1. The summed E-state index contributed by atoms with van der Waals surface area (Å²) in [5.41, 5.74) is 1.12. The summed E-state index contributed by atoms with van der Waals surface area (Å²) in [6.45, 7) is 10.6. The van der Waals surface area contributed by atoms with Gasteiger partial charge in [-0.1, -0.05) is 69.9 Å². The molecule has 0 aliphatic carbocycles. The molecule has 0 N–H and O–H groups in total. The van der Waals surface area contributed by atoms with Crippen molar-refractivity contribution >= 4 is 19.9 Å². The van der Waals surface area contributed by atoms with Crippen LogP contribution >= 0.6 is 0 Å². The number of Topliss-reactive ketones (excluding diaryl/α,β-unsaturated/α-hetero) is 1. The molecule has 0 saturated heterocycles. The number of allylic oxidation sites excluding steroid dienone is 1. The van der Waals surface area contributed by atoms with E-state index in [-0.39, 0.29) is 5.92 Å². The van der Waals surface area contributed by atoms with E-state index in [4.69, 9.17) is 0 Å². The molecule has 1 rings (SSSR count). The molecule has 0 atom stereocenters. The van der Waals surface area contributed by atoms with E-state index in [2.05, 4.69) is 25.7 Å². The van der Waals surface area contributed by atoms with Crippen LogP contribution in [0.3, 0.4) is 0 Å². The Balaban J connectivity index is 3.17. The summed E-state index contributed by atoms with van der Waals surface area (Å²) in [7, 11) is -1.58. The highest BCUT2D eigenvalue weighted by atomic mass is 28.3. The lowest BCUT2D eigenvalue weighted by molar-refractivity contribution is -0.117. The number of rotatable bonds is 4. The van der Waals surface area contributed by atoms with Crippen LogP contribution in [0.1, 0.15) is 19.4 Å². The van der Waals surface area contributed by atoms with E-state index >= 15 is 0 Å². The lowest BCUT2D eigenvalue weighted by Gasteiger charge is -2.21. The second-order valence-electron chi connectivity index (χ2n) is 5.74. The van der Waals surface area contributed by atoms with Gasteiger partial charge in [-0.25, -0.2) is 0 Å². The molecule has 0 fully saturated rings. The minimum Gasteiger partial charge on any atom is -0.295 e. The lowest BCUT2D eigenvalue weighted by Crippen LogP contribution is -2.31. The van der Waals surface area contributed by atoms with Crippen molar-refractivity contribution in [2.24, 2.45) is 5.92 Å². The third-order valence-electron chi connectivity index (χ3n) is 2.71. The van der Waals surface area contributed by atoms with Gasteiger partial charge in [0.1, 0.15) is 0 Å². The molecule has 0 aliphatic rings. The van der Waals surface area contributed by atoms with Crippen molar-refractivity contribution in [3.8, 4) is 0 Å². The Morgan fingerprint density at radius 2 is 1.65 bits per heavy atom. The van der Waals surface area contributed by atoms with Crippen LogP contribution in [0, 0.1) is 5.92 Å². The Morgan fingerprint density at radius 3 is 2.06 bits per heavy atom. The van der Waals surface area contributed by atoms with Crippen LogP contribution in [0.2, 0.25) is 19.6 Å². The molecule has 0 spiro atoms. The van der Waals surface area contributed by atoms with Crippen molar-refractivity contribution in [3.63, 3.8) is 0 Å². The third kappa shape index (κ3) is 3.97. The molecule has 0 bridgehead atoms. The van der Waals surface area contributed by atoms with Gasteiger partial charge in [-0.15, -0.1) is 0 Å².